The van der Waals surface area contributed by atoms with Crippen molar-refractivity contribution in [2.24, 2.45) is 5.92 Å². The second kappa shape index (κ2) is 6.12. The summed E-state index contributed by atoms with van der Waals surface area (Å²) >= 11 is 0. The van der Waals surface area contributed by atoms with Crippen LogP contribution in [0.2, 0.25) is 0 Å². The fourth-order valence-corrected chi connectivity index (χ4v) is 1.36. The maximum atomic E-state index is 10.1. The Balaban J connectivity index is 2.23. The van der Waals surface area contributed by atoms with Gasteiger partial charge in [0.25, 0.3) is 0 Å². The first-order valence-electron chi connectivity index (χ1n) is 6.20. The maximum Gasteiger partial charge on any atom is 0.137 e. The minimum atomic E-state index is -0.651. The van der Waals surface area contributed by atoms with E-state index in [1.54, 1.807) is 12.7 Å². The number of rotatable bonds is 7. The van der Waals surface area contributed by atoms with Crippen molar-refractivity contribution in [3.05, 3.63) is 12.7 Å². The van der Waals surface area contributed by atoms with Gasteiger partial charge in [0.15, 0.2) is 0 Å². The summed E-state index contributed by atoms with van der Waals surface area (Å²) in [4.78, 5) is 3.90. The zero-order valence-corrected chi connectivity index (χ0v) is 11.2. The smallest absolute Gasteiger partial charge is 0.137 e. The number of aromatic nitrogens is 3. The molecule has 0 bridgehead atoms. The molecule has 1 aromatic rings. The first kappa shape index (κ1) is 14.1. The summed E-state index contributed by atoms with van der Waals surface area (Å²) in [5.41, 5.74) is -0.651. The van der Waals surface area contributed by atoms with Gasteiger partial charge in [0.2, 0.25) is 0 Å². The highest BCUT2D eigenvalue weighted by molar-refractivity contribution is 4.80. The molecule has 1 aromatic heterocycles. The third kappa shape index (κ3) is 4.83. The lowest BCUT2D eigenvalue weighted by Crippen LogP contribution is -2.45. The van der Waals surface area contributed by atoms with Gasteiger partial charge < -0.3 is 10.4 Å². The van der Waals surface area contributed by atoms with Crippen LogP contribution < -0.4 is 5.32 Å². The topological polar surface area (TPSA) is 63.0 Å². The highest BCUT2D eigenvalue weighted by Gasteiger charge is 2.24. The molecule has 0 saturated heterocycles. The van der Waals surface area contributed by atoms with E-state index in [0.29, 0.717) is 12.6 Å². The highest BCUT2D eigenvalue weighted by Crippen LogP contribution is 2.14. The first-order valence-corrected chi connectivity index (χ1v) is 6.20. The van der Waals surface area contributed by atoms with E-state index < -0.39 is 5.60 Å². The number of aliphatic hydroxyl groups is 1. The summed E-state index contributed by atoms with van der Waals surface area (Å²) in [6.07, 6.45) is 4.23. The Morgan fingerprint density at radius 3 is 2.65 bits per heavy atom. The van der Waals surface area contributed by atoms with Gasteiger partial charge in [0.05, 0.1) is 5.60 Å². The van der Waals surface area contributed by atoms with Crippen LogP contribution in [0.3, 0.4) is 0 Å². The van der Waals surface area contributed by atoms with Gasteiger partial charge in [0, 0.05) is 19.1 Å². The molecule has 5 nitrogen and oxygen atoms in total. The number of nitrogens with zero attached hydrogens (tertiary/aromatic N) is 3. The lowest BCUT2D eigenvalue weighted by Gasteiger charge is -2.29. The van der Waals surface area contributed by atoms with Crippen LogP contribution in [0.25, 0.3) is 0 Å². The van der Waals surface area contributed by atoms with Crippen LogP contribution in [0.4, 0.5) is 0 Å². The molecule has 0 aliphatic carbocycles. The Kier molecular flexibility index (Phi) is 5.08. The van der Waals surface area contributed by atoms with E-state index in [4.69, 9.17) is 0 Å². The van der Waals surface area contributed by atoms with Gasteiger partial charge in [-0.15, -0.1) is 0 Å². The molecule has 0 saturated carbocycles. The van der Waals surface area contributed by atoms with Crippen LogP contribution in [-0.4, -0.2) is 38.1 Å². The molecule has 1 heterocycles. The second-order valence-electron chi connectivity index (χ2n) is 5.24. The van der Waals surface area contributed by atoms with Crippen molar-refractivity contribution < 1.29 is 5.11 Å². The Labute approximate surface area is 103 Å². The fourth-order valence-electron chi connectivity index (χ4n) is 1.36. The van der Waals surface area contributed by atoms with Crippen molar-refractivity contribution in [2.45, 2.75) is 52.3 Å². The Bertz CT molecular complexity index is 308. The third-order valence-electron chi connectivity index (χ3n) is 3.31. The number of nitrogens with one attached hydrogen (secondary N) is 1. The molecule has 0 radical (unpaired) electrons. The molecule has 0 amide bonds. The van der Waals surface area contributed by atoms with Crippen molar-refractivity contribution in [2.75, 3.05) is 6.54 Å². The van der Waals surface area contributed by atoms with Gasteiger partial charge in [-0.05, 0) is 26.2 Å². The minimum Gasteiger partial charge on any atom is -0.389 e. The quantitative estimate of drug-likeness (QED) is 0.748. The van der Waals surface area contributed by atoms with E-state index in [9.17, 15) is 5.11 Å². The molecule has 0 spiro atoms. The van der Waals surface area contributed by atoms with Gasteiger partial charge >= 0.3 is 0 Å². The molecule has 5 heteroatoms. The highest BCUT2D eigenvalue weighted by atomic mass is 16.3. The average Bonchev–Trinajstić information content (AvgIpc) is 2.76. The fraction of sp³-hybridized carbons (Fsp3) is 0.833. The Morgan fingerprint density at radius 1 is 1.41 bits per heavy atom. The Hall–Kier alpha value is -0.940. The van der Waals surface area contributed by atoms with Crippen LogP contribution >= 0.6 is 0 Å². The van der Waals surface area contributed by atoms with Crippen molar-refractivity contribution in [1.82, 2.24) is 20.1 Å². The van der Waals surface area contributed by atoms with Crippen LogP contribution in [0.15, 0.2) is 12.7 Å². The molecule has 1 rings (SSSR count). The summed E-state index contributed by atoms with van der Waals surface area (Å²) in [6.45, 7) is 9.51. The molecular weight excluding hydrogens is 216 g/mol. The lowest BCUT2D eigenvalue weighted by molar-refractivity contribution is 0.0119. The van der Waals surface area contributed by atoms with Crippen molar-refractivity contribution >= 4 is 0 Å². The molecular formula is C12H24N4O. The van der Waals surface area contributed by atoms with E-state index in [-0.39, 0.29) is 5.92 Å². The van der Waals surface area contributed by atoms with Crippen LogP contribution in [-0.2, 0) is 6.54 Å². The van der Waals surface area contributed by atoms with Crippen molar-refractivity contribution in [3.63, 3.8) is 0 Å². The van der Waals surface area contributed by atoms with Gasteiger partial charge in [0.1, 0.15) is 12.7 Å². The van der Waals surface area contributed by atoms with E-state index in [1.807, 2.05) is 25.5 Å². The molecule has 0 aliphatic heterocycles. The van der Waals surface area contributed by atoms with E-state index >= 15 is 0 Å². The maximum absolute atomic E-state index is 10.1. The predicted octanol–water partition coefficient (Wildman–Crippen LogP) is 1.05. The largest absolute Gasteiger partial charge is 0.389 e. The van der Waals surface area contributed by atoms with Crippen molar-refractivity contribution in [3.8, 4) is 0 Å². The van der Waals surface area contributed by atoms with Crippen molar-refractivity contribution in [1.29, 1.82) is 0 Å². The lowest BCUT2D eigenvalue weighted by atomic mass is 9.92. The molecule has 0 aromatic carbocycles. The van der Waals surface area contributed by atoms with E-state index in [0.717, 1.165) is 13.0 Å². The molecule has 0 fully saturated rings. The van der Waals surface area contributed by atoms with Crippen LogP contribution in [0, 0.1) is 5.92 Å². The summed E-state index contributed by atoms with van der Waals surface area (Å²) in [5.74, 6) is 0.248. The normalized spacial score (nSPS) is 17.1. The van der Waals surface area contributed by atoms with Crippen LogP contribution in [0.1, 0.15) is 34.1 Å². The summed E-state index contributed by atoms with van der Waals surface area (Å²) in [7, 11) is 0. The summed E-state index contributed by atoms with van der Waals surface area (Å²) in [5, 5.41) is 17.5. The zero-order chi connectivity index (χ0) is 12.9. The van der Waals surface area contributed by atoms with Crippen LogP contribution in [0.5, 0.6) is 0 Å². The molecule has 2 unspecified atom stereocenters. The van der Waals surface area contributed by atoms with Gasteiger partial charge in [-0.25, -0.2) is 4.98 Å². The van der Waals surface area contributed by atoms with Gasteiger partial charge in [-0.2, -0.15) is 5.10 Å². The minimum absolute atomic E-state index is 0.248. The average molecular weight is 240 g/mol. The standard InChI is InChI=1S/C12H24N4O/c1-10(2)12(4,17)7-14-11(3)5-6-16-9-13-8-15-16/h8-11,14,17H,5-7H2,1-4H3. The molecule has 17 heavy (non-hydrogen) atoms. The third-order valence-corrected chi connectivity index (χ3v) is 3.31. The second-order valence-corrected chi connectivity index (χ2v) is 5.24. The zero-order valence-electron chi connectivity index (χ0n) is 11.2. The predicted molar refractivity (Wildman–Crippen MR) is 67.6 cm³/mol. The summed E-state index contributed by atoms with van der Waals surface area (Å²) in [6, 6.07) is 0.351. The molecule has 98 valence electrons. The monoisotopic (exact) mass is 240 g/mol. The number of hydrogen-bond acceptors (Lipinski definition) is 4. The summed E-state index contributed by atoms with van der Waals surface area (Å²) < 4.78 is 1.82. The van der Waals surface area contributed by atoms with Gasteiger partial charge in [-0.1, -0.05) is 13.8 Å². The van der Waals surface area contributed by atoms with E-state index in [1.165, 1.54) is 0 Å². The SMILES string of the molecule is CC(CCn1cncn1)NCC(C)(O)C(C)C. The number of hydrogen-bond donors (Lipinski definition) is 2. The molecule has 0 aliphatic rings. The van der Waals surface area contributed by atoms with E-state index in [2.05, 4.69) is 22.3 Å². The Morgan fingerprint density at radius 2 is 2.12 bits per heavy atom. The molecule has 2 N–H and O–H groups in total. The first-order chi connectivity index (χ1) is 7.92. The van der Waals surface area contributed by atoms with Gasteiger partial charge in [-0.3, -0.25) is 4.68 Å². The number of aryl methyl sites for hydroxylation is 1. The molecule has 2 atom stereocenters.